The molecular formula is C54H39N. The van der Waals surface area contributed by atoms with Crippen molar-refractivity contribution in [3.63, 3.8) is 0 Å². The molecule has 10 aromatic carbocycles. The molecule has 0 bridgehead atoms. The van der Waals surface area contributed by atoms with E-state index in [0.717, 1.165) is 17.1 Å². The largest absolute Gasteiger partial charge is 0.311 e. The number of hydrogen-bond acceptors (Lipinski definition) is 1. The monoisotopic (exact) mass is 701 g/mol. The molecule has 0 heterocycles. The van der Waals surface area contributed by atoms with Gasteiger partial charge in [0.15, 0.2) is 0 Å². The molecule has 0 aliphatic rings. The zero-order valence-corrected chi connectivity index (χ0v) is 31.0. The van der Waals surface area contributed by atoms with Gasteiger partial charge in [0.1, 0.15) is 0 Å². The fourth-order valence-electron chi connectivity index (χ4n) is 8.89. The number of fused-ring (bicyclic) bond motifs is 10. The molecule has 0 saturated carbocycles. The van der Waals surface area contributed by atoms with E-state index in [4.69, 9.17) is 0 Å². The number of benzene rings is 10. The molecule has 0 aliphatic carbocycles. The van der Waals surface area contributed by atoms with E-state index in [1.54, 1.807) is 0 Å². The van der Waals surface area contributed by atoms with Crippen molar-refractivity contribution in [1.82, 2.24) is 0 Å². The molecule has 0 radical (unpaired) electrons. The van der Waals surface area contributed by atoms with Crippen LogP contribution in [-0.4, -0.2) is 0 Å². The first-order valence-corrected chi connectivity index (χ1v) is 19.2. The van der Waals surface area contributed by atoms with Gasteiger partial charge in [0, 0.05) is 17.1 Å². The highest BCUT2D eigenvalue weighted by Gasteiger charge is 2.21. The minimum absolute atomic E-state index is 1.13. The molecule has 0 amide bonds. The van der Waals surface area contributed by atoms with Crippen molar-refractivity contribution in [3.05, 3.63) is 206 Å². The summed E-state index contributed by atoms with van der Waals surface area (Å²) in [5, 5.41) is 15.1. The van der Waals surface area contributed by atoms with Gasteiger partial charge in [-0.1, -0.05) is 158 Å². The summed E-state index contributed by atoms with van der Waals surface area (Å²) >= 11 is 0. The number of allylic oxidation sites excluding steroid dienone is 3. The SMILES string of the molecule is CC=CC(=CC)N(c1ccccc1)c1ccc2c(c1)c1ccc3ccccc3c1c1cc3c(-c4ccccc4)c4ccccc4c(-c4ccccc4)c3cc21. The number of hydrogen-bond donors (Lipinski definition) is 0. The van der Waals surface area contributed by atoms with Gasteiger partial charge in [0.2, 0.25) is 0 Å². The molecule has 0 aromatic heterocycles. The number of rotatable bonds is 6. The second kappa shape index (κ2) is 13.5. The fraction of sp³-hybridized carbons (Fsp3) is 0.0370. The summed E-state index contributed by atoms with van der Waals surface area (Å²) in [5.74, 6) is 0. The third-order valence-electron chi connectivity index (χ3n) is 11.2. The summed E-state index contributed by atoms with van der Waals surface area (Å²) in [5.41, 5.74) is 8.38. The molecule has 1 heteroatoms. The Morgan fingerprint density at radius 2 is 0.909 bits per heavy atom. The van der Waals surface area contributed by atoms with Crippen LogP contribution in [-0.2, 0) is 0 Å². The van der Waals surface area contributed by atoms with Gasteiger partial charge >= 0.3 is 0 Å². The van der Waals surface area contributed by atoms with Gasteiger partial charge < -0.3 is 4.90 Å². The Balaban J connectivity index is 1.41. The van der Waals surface area contributed by atoms with Crippen LogP contribution >= 0.6 is 0 Å². The maximum absolute atomic E-state index is 2.51. The van der Waals surface area contributed by atoms with E-state index in [-0.39, 0.29) is 0 Å². The van der Waals surface area contributed by atoms with Gasteiger partial charge in [-0.3, -0.25) is 0 Å². The van der Waals surface area contributed by atoms with Gasteiger partial charge in [-0.15, -0.1) is 0 Å². The van der Waals surface area contributed by atoms with Crippen molar-refractivity contribution in [1.29, 1.82) is 0 Å². The van der Waals surface area contributed by atoms with Crippen LogP contribution in [0.3, 0.4) is 0 Å². The number of nitrogens with zero attached hydrogens (tertiary/aromatic N) is 1. The highest BCUT2D eigenvalue weighted by atomic mass is 15.1. The van der Waals surface area contributed by atoms with Crippen molar-refractivity contribution >= 4 is 76.0 Å². The molecular weight excluding hydrogens is 663 g/mol. The normalized spacial score (nSPS) is 12.2. The first-order chi connectivity index (χ1) is 27.2. The Kier molecular flexibility index (Phi) is 8.00. The van der Waals surface area contributed by atoms with Crippen molar-refractivity contribution in [3.8, 4) is 22.3 Å². The Morgan fingerprint density at radius 1 is 0.382 bits per heavy atom. The molecule has 0 aliphatic heterocycles. The van der Waals surface area contributed by atoms with Gasteiger partial charge in [-0.2, -0.15) is 0 Å². The third kappa shape index (κ3) is 5.31. The lowest BCUT2D eigenvalue weighted by Crippen LogP contribution is -2.15. The standard InChI is InChI=1S/C54H39N/c1-3-18-39(4-2)55(40-24-12-7-13-25-40)41-30-32-43-47(33-41)46-31-29-36-19-14-15-26-42(36)54(46)49-35-51-50(34-48(43)49)52(37-20-8-5-9-21-37)44-27-16-17-28-45(44)53(51)38-22-10-6-11-23-38/h3-35H,1-2H3. The minimum atomic E-state index is 1.13. The molecule has 0 spiro atoms. The smallest absolute Gasteiger partial charge is 0.0468 e. The molecule has 10 rings (SSSR count). The Hall–Kier alpha value is -6.96. The quantitative estimate of drug-likeness (QED) is 0.0948. The van der Waals surface area contributed by atoms with E-state index in [1.165, 1.54) is 86.9 Å². The Morgan fingerprint density at radius 3 is 1.53 bits per heavy atom. The van der Waals surface area contributed by atoms with Crippen LogP contribution in [0.15, 0.2) is 206 Å². The van der Waals surface area contributed by atoms with Crippen LogP contribution in [0.25, 0.3) is 86.9 Å². The average Bonchev–Trinajstić information content (AvgIpc) is 3.25. The van der Waals surface area contributed by atoms with E-state index < -0.39 is 0 Å². The first-order valence-electron chi connectivity index (χ1n) is 19.2. The Bertz CT molecular complexity index is 3140. The van der Waals surface area contributed by atoms with Gasteiger partial charge in [-0.25, -0.2) is 0 Å². The van der Waals surface area contributed by atoms with E-state index in [9.17, 15) is 0 Å². The predicted molar refractivity (Wildman–Crippen MR) is 240 cm³/mol. The lowest BCUT2D eigenvalue weighted by atomic mass is 9.83. The van der Waals surface area contributed by atoms with Gasteiger partial charge in [0.25, 0.3) is 0 Å². The van der Waals surface area contributed by atoms with Crippen LogP contribution in [0.1, 0.15) is 13.8 Å². The highest BCUT2D eigenvalue weighted by molar-refractivity contribution is 6.35. The summed E-state index contributed by atoms with van der Waals surface area (Å²) in [7, 11) is 0. The first kappa shape index (κ1) is 32.7. The molecule has 10 aromatic rings. The van der Waals surface area contributed by atoms with Crippen LogP contribution in [0.5, 0.6) is 0 Å². The van der Waals surface area contributed by atoms with E-state index in [2.05, 4.69) is 219 Å². The van der Waals surface area contributed by atoms with Crippen LogP contribution < -0.4 is 4.90 Å². The molecule has 0 fully saturated rings. The maximum atomic E-state index is 2.51. The summed E-state index contributed by atoms with van der Waals surface area (Å²) in [4.78, 5) is 2.36. The van der Waals surface area contributed by atoms with Gasteiger partial charge in [-0.05, 0) is 143 Å². The summed E-state index contributed by atoms with van der Waals surface area (Å²) in [6.07, 6.45) is 6.49. The zero-order chi connectivity index (χ0) is 36.9. The van der Waals surface area contributed by atoms with E-state index in [1.807, 2.05) is 0 Å². The molecule has 0 saturated heterocycles. The third-order valence-corrected chi connectivity index (χ3v) is 11.2. The highest BCUT2D eigenvalue weighted by Crippen LogP contribution is 2.48. The van der Waals surface area contributed by atoms with Crippen molar-refractivity contribution < 1.29 is 0 Å². The van der Waals surface area contributed by atoms with Crippen molar-refractivity contribution in [2.75, 3.05) is 4.90 Å². The molecule has 260 valence electrons. The lowest BCUT2D eigenvalue weighted by Gasteiger charge is -2.27. The van der Waals surface area contributed by atoms with Crippen LogP contribution in [0.4, 0.5) is 11.4 Å². The minimum Gasteiger partial charge on any atom is -0.311 e. The van der Waals surface area contributed by atoms with Crippen LogP contribution in [0, 0.1) is 0 Å². The van der Waals surface area contributed by atoms with Crippen molar-refractivity contribution in [2.45, 2.75) is 13.8 Å². The van der Waals surface area contributed by atoms with Crippen molar-refractivity contribution in [2.24, 2.45) is 0 Å². The topological polar surface area (TPSA) is 3.24 Å². The van der Waals surface area contributed by atoms with E-state index in [0.29, 0.717) is 0 Å². The fourth-order valence-corrected chi connectivity index (χ4v) is 8.89. The second-order valence-corrected chi connectivity index (χ2v) is 14.3. The molecule has 1 nitrogen and oxygen atoms in total. The maximum Gasteiger partial charge on any atom is 0.0468 e. The zero-order valence-electron chi connectivity index (χ0n) is 31.0. The van der Waals surface area contributed by atoms with E-state index >= 15 is 0 Å². The summed E-state index contributed by atoms with van der Waals surface area (Å²) in [6, 6.07) is 67.1. The molecule has 0 unspecified atom stereocenters. The lowest BCUT2D eigenvalue weighted by molar-refractivity contribution is 1.20. The Labute approximate surface area is 321 Å². The van der Waals surface area contributed by atoms with Crippen LogP contribution in [0.2, 0.25) is 0 Å². The van der Waals surface area contributed by atoms with Gasteiger partial charge in [0.05, 0.1) is 0 Å². The average molecular weight is 702 g/mol. The summed E-state index contributed by atoms with van der Waals surface area (Å²) < 4.78 is 0. The predicted octanol–water partition coefficient (Wildman–Crippen LogP) is 15.6. The summed E-state index contributed by atoms with van der Waals surface area (Å²) in [6.45, 7) is 4.20. The molecule has 0 atom stereocenters. The molecule has 55 heavy (non-hydrogen) atoms. The molecule has 0 N–H and O–H groups in total. The number of anilines is 2. The second-order valence-electron chi connectivity index (χ2n) is 14.3. The number of para-hydroxylation sites is 1.